The maximum Gasteiger partial charge on any atom is 0.237 e. The first kappa shape index (κ1) is 18.9. The molecule has 1 aromatic carbocycles. The average molecular weight is 334 g/mol. The van der Waals surface area contributed by atoms with E-state index in [9.17, 15) is 4.79 Å². The number of rotatable bonds is 9. The van der Waals surface area contributed by atoms with Crippen molar-refractivity contribution in [2.75, 3.05) is 34.0 Å². The number of methoxy groups -OCH3 is 2. The Labute approximate surface area is 145 Å². The molecule has 0 spiro atoms. The third-order valence-electron chi connectivity index (χ3n) is 4.60. The number of aryl methyl sites for hydroxylation is 1. The van der Waals surface area contributed by atoms with Crippen LogP contribution in [0.15, 0.2) is 30.3 Å². The van der Waals surface area contributed by atoms with E-state index >= 15 is 0 Å². The van der Waals surface area contributed by atoms with Crippen LogP contribution in [0.4, 0.5) is 0 Å². The van der Waals surface area contributed by atoms with Crippen LogP contribution in [-0.2, 0) is 20.7 Å². The van der Waals surface area contributed by atoms with Crippen LogP contribution in [-0.4, -0.2) is 52.0 Å². The molecule has 0 radical (unpaired) electrons. The summed E-state index contributed by atoms with van der Waals surface area (Å²) in [5.74, 6) is 0.643. The summed E-state index contributed by atoms with van der Waals surface area (Å²) in [5, 5.41) is 6.37. The van der Waals surface area contributed by atoms with E-state index in [2.05, 4.69) is 34.9 Å². The number of hydrogen-bond acceptors (Lipinski definition) is 4. The van der Waals surface area contributed by atoms with Crippen LogP contribution in [0.5, 0.6) is 0 Å². The summed E-state index contributed by atoms with van der Waals surface area (Å²) in [4.78, 5) is 12.5. The van der Waals surface area contributed by atoms with Gasteiger partial charge in [-0.15, -0.1) is 0 Å². The molecule has 1 aliphatic heterocycles. The van der Waals surface area contributed by atoms with Crippen LogP contribution < -0.4 is 10.6 Å². The lowest BCUT2D eigenvalue weighted by atomic mass is 9.87. The van der Waals surface area contributed by atoms with Gasteiger partial charge in [0, 0.05) is 14.2 Å². The molecule has 5 nitrogen and oxygen atoms in total. The van der Waals surface area contributed by atoms with Crippen LogP contribution in [0.25, 0.3) is 0 Å². The molecule has 0 aromatic heterocycles. The fourth-order valence-electron chi connectivity index (χ4n) is 3.31. The fraction of sp³-hybridized carbons (Fsp3) is 0.632. The second-order valence-corrected chi connectivity index (χ2v) is 6.54. The van der Waals surface area contributed by atoms with E-state index in [1.807, 2.05) is 6.07 Å². The summed E-state index contributed by atoms with van der Waals surface area (Å²) in [5.41, 5.74) is 1.37. The second-order valence-electron chi connectivity index (χ2n) is 6.54. The summed E-state index contributed by atoms with van der Waals surface area (Å²) in [6, 6.07) is 10.3. The van der Waals surface area contributed by atoms with Crippen molar-refractivity contribution >= 4 is 5.91 Å². The van der Waals surface area contributed by atoms with Crippen molar-refractivity contribution < 1.29 is 14.3 Å². The number of carbonyl (C=O) groups excluding carboxylic acids is 1. The van der Waals surface area contributed by atoms with Gasteiger partial charge in [-0.1, -0.05) is 30.3 Å². The zero-order valence-electron chi connectivity index (χ0n) is 14.8. The molecule has 2 unspecified atom stereocenters. The summed E-state index contributed by atoms with van der Waals surface area (Å²) in [6.45, 7) is 1.82. The largest absolute Gasteiger partial charge is 0.382 e. The highest BCUT2D eigenvalue weighted by Gasteiger charge is 2.27. The lowest BCUT2D eigenvalue weighted by molar-refractivity contribution is -0.125. The molecular weight excluding hydrogens is 304 g/mol. The Kier molecular flexibility index (Phi) is 8.22. The summed E-state index contributed by atoms with van der Waals surface area (Å²) < 4.78 is 10.3. The van der Waals surface area contributed by atoms with Gasteiger partial charge < -0.3 is 20.1 Å². The van der Waals surface area contributed by atoms with Crippen LogP contribution in [0.3, 0.4) is 0 Å². The van der Waals surface area contributed by atoms with Gasteiger partial charge in [0.25, 0.3) is 0 Å². The third-order valence-corrected chi connectivity index (χ3v) is 4.60. The lowest BCUT2D eigenvalue weighted by Gasteiger charge is -2.31. The molecule has 1 aliphatic rings. The number of amides is 1. The number of carbonyl (C=O) groups is 1. The molecule has 0 bridgehead atoms. The van der Waals surface area contributed by atoms with Crippen molar-refractivity contribution in [1.82, 2.24) is 10.6 Å². The maximum absolute atomic E-state index is 12.5. The summed E-state index contributed by atoms with van der Waals surface area (Å²) in [6.07, 6.45) is 4.24. The lowest BCUT2D eigenvalue weighted by Crippen LogP contribution is -2.53. The molecule has 2 atom stereocenters. The normalized spacial score (nSPS) is 21.0. The minimum atomic E-state index is -0.115. The van der Waals surface area contributed by atoms with E-state index in [-0.39, 0.29) is 18.0 Å². The Bertz CT molecular complexity index is 475. The molecule has 5 heteroatoms. The van der Waals surface area contributed by atoms with Crippen LogP contribution in [0, 0.1) is 5.92 Å². The Hall–Kier alpha value is -1.43. The van der Waals surface area contributed by atoms with Gasteiger partial charge >= 0.3 is 0 Å². The molecule has 0 aliphatic carbocycles. The monoisotopic (exact) mass is 334 g/mol. The highest BCUT2D eigenvalue weighted by atomic mass is 16.5. The minimum Gasteiger partial charge on any atom is -0.382 e. The van der Waals surface area contributed by atoms with Gasteiger partial charge in [0.2, 0.25) is 5.91 Å². The first-order valence-corrected chi connectivity index (χ1v) is 8.78. The van der Waals surface area contributed by atoms with Gasteiger partial charge in [0.1, 0.15) is 0 Å². The zero-order chi connectivity index (χ0) is 17.2. The molecule has 24 heavy (non-hydrogen) atoms. The predicted octanol–water partition coefficient (Wildman–Crippen LogP) is 1.76. The third kappa shape index (κ3) is 6.23. The predicted molar refractivity (Wildman–Crippen MR) is 95.0 cm³/mol. The molecule has 134 valence electrons. The van der Waals surface area contributed by atoms with Crippen molar-refractivity contribution in [3.05, 3.63) is 35.9 Å². The van der Waals surface area contributed by atoms with Gasteiger partial charge in [0.05, 0.1) is 25.3 Å². The summed E-state index contributed by atoms with van der Waals surface area (Å²) >= 11 is 0. The Morgan fingerprint density at radius 1 is 1.25 bits per heavy atom. The van der Waals surface area contributed by atoms with E-state index in [4.69, 9.17) is 9.47 Å². The standard InChI is InChI=1S/C19H30N2O3/c1-23-13-17(14-24-2)21-19(22)18-12-16(10-11-20-18)9-8-15-6-4-3-5-7-15/h3-7,16-18,20H,8-14H2,1-2H3,(H,21,22). The molecule has 1 amide bonds. The minimum absolute atomic E-state index is 0.0542. The van der Waals surface area contributed by atoms with Gasteiger partial charge in [-0.25, -0.2) is 0 Å². The molecule has 2 N–H and O–H groups in total. The molecule has 1 aromatic rings. The number of benzene rings is 1. The van der Waals surface area contributed by atoms with Gasteiger partial charge in [-0.3, -0.25) is 4.79 Å². The number of hydrogen-bond donors (Lipinski definition) is 2. The van der Waals surface area contributed by atoms with Crippen molar-refractivity contribution in [3.8, 4) is 0 Å². The zero-order valence-corrected chi connectivity index (χ0v) is 14.8. The van der Waals surface area contributed by atoms with E-state index in [0.717, 1.165) is 32.2 Å². The fourth-order valence-corrected chi connectivity index (χ4v) is 3.31. The molecule has 0 saturated carbocycles. The van der Waals surface area contributed by atoms with Crippen LogP contribution >= 0.6 is 0 Å². The number of ether oxygens (including phenoxy) is 2. The SMILES string of the molecule is COCC(COC)NC(=O)C1CC(CCc2ccccc2)CCN1. The first-order valence-electron chi connectivity index (χ1n) is 8.78. The van der Waals surface area contributed by atoms with E-state index < -0.39 is 0 Å². The van der Waals surface area contributed by atoms with E-state index in [0.29, 0.717) is 19.1 Å². The van der Waals surface area contributed by atoms with Crippen molar-refractivity contribution in [1.29, 1.82) is 0 Å². The molecule has 1 heterocycles. The van der Waals surface area contributed by atoms with Crippen molar-refractivity contribution in [2.24, 2.45) is 5.92 Å². The Morgan fingerprint density at radius 2 is 1.96 bits per heavy atom. The van der Waals surface area contributed by atoms with Gasteiger partial charge in [-0.2, -0.15) is 0 Å². The molecule has 1 saturated heterocycles. The molecule has 2 rings (SSSR count). The van der Waals surface area contributed by atoms with Gasteiger partial charge in [0.15, 0.2) is 0 Å². The number of piperidine rings is 1. The van der Waals surface area contributed by atoms with E-state index in [1.165, 1.54) is 5.56 Å². The van der Waals surface area contributed by atoms with Crippen LogP contribution in [0.2, 0.25) is 0 Å². The van der Waals surface area contributed by atoms with E-state index in [1.54, 1.807) is 14.2 Å². The quantitative estimate of drug-likeness (QED) is 0.722. The smallest absolute Gasteiger partial charge is 0.237 e. The molecule has 1 fully saturated rings. The topological polar surface area (TPSA) is 59.6 Å². The highest BCUT2D eigenvalue weighted by Crippen LogP contribution is 2.22. The van der Waals surface area contributed by atoms with Crippen molar-refractivity contribution in [2.45, 2.75) is 37.8 Å². The Balaban J connectivity index is 1.79. The molecular formula is C19H30N2O3. The number of nitrogens with one attached hydrogen (secondary N) is 2. The van der Waals surface area contributed by atoms with Crippen molar-refractivity contribution in [3.63, 3.8) is 0 Å². The Morgan fingerprint density at radius 3 is 2.62 bits per heavy atom. The van der Waals surface area contributed by atoms with Crippen LogP contribution in [0.1, 0.15) is 24.8 Å². The maximum atomic E-state index is 12.5. The van der Waals surface area contributed by atoms with Gasteiger partial charge in [-0.05, 0) is 43.7 Å². The highest BCUT2D eigenvalue weighted by molar-refractivity contribution is 5.82. The second kappa shape index (κ2) is 10.4. The summed E-state index contributed by atoms with van der Waals surface area (Å²) in [7, 11) is 3.26. The first-order chi connectivity index (χ1) is 11.7. The average Bonchev–Trinajstić information content (AvgIpc) is 2.61.